The Bertz CT molecular complexity index is 531. The van der Waals surface area contributed by atoms with E-state index in [1.54, 1.807) is 6.20 Å². The third kappa shape index (κ3) is 4.49. The molecule has 1 aromatic heterocycles. The Morgan fingerprint density at radius 3 is 2.65 bits per heavy atom. The molecule has 0 aliphatic heterocycles. The highest BCUT2D eigenvalue weighted by atomic mass is 79.9. The molecule has 106 valence electrons. The second-order valence-corrected chi connectivity index (χ2v) is 5.33. The highest BCUT2D eigenvalue weighted by molar-refractivity contribution is 9.10. The van der Waals surface area contributed by atoms with E-state index in [0.717, 1.165) is 36.2 Å². The van der Waals surface area contributed by atoms with Crippen molar-refractivity contribution in [2.24, 2.45) is 0 Å². The van der Waals surface area contributed by atoms with Crippen LogP contribution in [0.4, 0.5) is 11.8 Å². The molecule has 0 saturated carbocycles. The van der Waals surface area contributed by atoms with E-state index >= 15 is 0 Å². The molecular formula is C15H19BrN4. The summed E-state index contributed by atoms with van der Waals surface area (Å²) in [6, 6.07) is 10.4. The Hall–Kier alpha value is -1.62. The number of nitrogens with zero attached hydrogens (tertiary/aromatic N) is 2. The Morgan fingerprint density at radius 1 is 1.10 bits per heavy atom. The maximum Gasteiger partial charge on any atom is 0.224 e. The van der Waals surface area contributed by atoms with Crippen LogP contribution < -0.4 is 10.6 Å². The molecule has 0 aliphatic carbocycles. The van der Waals surface area contributed by atoms with E-state index in [9.17, 15) is 0 Å². The summed E-state index contributed by atoms with van der Waals surface area (Å²) < 4.78 is 0.882. The van der Waals surface area contributed by atoms with E-state index in [1.165, 1.54) is 5.56 Å². The van der Waals surface area contributed by atoms with Gasteiger partial charge in [-0.05, 0) is 34.3 Å². The summed E-state index contributed by atoms with van der Waals surface area (Å²) in [6.07, 6.45) is 3.79. The van der Waals surface area contributed by atoms with E-state index in [1.807, 2.05) is 6.07 Å². The molecule has 4 nitrogen and oxygen atoms in total. The van der Waals surface area contributed by atoms with Gasteiger partial charge < -0.3 is 10.6 Å². The number of halogens is 1. The van der Waals surface area contributed by atoms with E-state index in [0.29, 0.717) is 5.95 Å². The first-order valence-corrected chi connectivity index (χ1v) is 7.63. The molecular weight excluding hydrogens is 316 g/mol. The largest absolute Gasteiger partial charge is 0.369 e. The smallest absolute Gasteiger partial charge is 0.224 e. The van der Waals surface area contributed by atoms with Gasteiger partial charge in [0.2, 0.25) is 5.95 Å². The fourth-order valence-electron chi connectivity index (χ4n) is 1.78. The first-order valence-electron chi connectivity index (χ1n) is 6.84. The minimum absolute atomic E-state index is 0.664. The number of hydrogen-bond donors (Lipinski definition) is 2. The van der Waals surface area contributed by atoms with Gasteiger partial charge in [0.15, 0.2) is 0 Å². The standard InChI is InChI=1S/C15H19BrN4/c1-2-9-18-15-19-11-13(16)14(20-15)17-10-8-12-6-4-3-5-7-12/h3-7,11H,2,8-10H2,1H3,(H2,17,18,19,20). The molecule has 1 aromatic carbocycles. The summed E-state index contributed by atoms with van der Waals surface area (Å²) in [4.78, 5) is 8.69. The van der Waals surface area contributed by atoms with Crippen LogP contribution in [-0.2, 0) is 6.42 Å². The van der Waals surface area contributed by atoms with Gasteiger partial charge in [0.05, 0.1) is 4.47 Å². The van der Waals surface area contributed by atoms with E-state index in [2.05, 4.69) is 67.7 Å². The van der Waals surface area contributed by atoms with Crippen LogP contribution in [0.25, 0.3) is 0 Å². The number of benzene rings is 1. The Kier molecular flexibility index (Phi) is 5.80. The van der Waals surface area contributed by atoms with Crippen LogP contribution in [0.2, 0.25) is 0 Å². The zero-order chi connectivity index (χ0) is 14.2. The molecule has 2 N–H and O–H groups in total. The third-order valence-corrected chi connectivity index (χ3v) is 3.41. The fourth-order valence-corrected chi connectivity index (χ4v) is 2.11. The SMILES string of the molecule is CCCNc1ncc(Br)c(NCCc2ccccc2)n1. The quantitative estimate of drug-likeness (QED) is 0.810. The lowest BCUT2D eigenvalue weighted by Gasteiger charge is -2.09. The van der Waals surface area contributed by atoms with E-state index in [-0.39, 0.29) is 0 Å². The van der Waals surface area contributed by atoms with Crippen LogP contribution in [0.3, 0.4) is 0 Å². The molecule has 20 heavy (non-hydrogen) atoms. The first-order chi connectivity index (χ1) is 9.79. The van der Waals surface area contributed by atoms with Gasteiger partial charge in [-0.2, -0.15) is 4.98 Å². The normalized spacial score (nSPS) is 10.3. The highest BCUT2D eigenvalue weighted by Crippen LogP contribution is 2.20. The Balaban J connectivity index is 1.91. The summed E-state index contributed by atoms with van der Waals surface area (Å²) in [7, 11) is 0. The minimum Gasteiger partial charge on any atom is -0.369 e. The Morgan fingerprint density at radius 2 is 1.90 bits per heavy atom. The number of nitrogens with one attached hydrogen (secondary N) is 2. The molecule has 2 aromatic rings. The lowest BCUT2D eigenvalue weighted by Crippen LogP contribution is -2.10. The molecule has 0 spiro atoms. The predicted molar refractivity (Wildman–Crippen MR) is 87.1 cm³/mol. The molecule has 0 amide bonds. The van der Waals surface area contributed by atoms with Crippen LogP contribution in [0.5, 0.6) is 0 Å². The first kappa shape index (κ1) is 14.8. The van der Waals surface area contributed by atoms with Gasteiger partial charge in [-0.1, -0.05) is 37.3 Å². The molecule has 0 atom stereocenters. The molecule has 0 aliphatic rings. The van der Waals surface area contributed by atoms with Crippen molar-refractivity contribution in [3.63, 3.8) is 0 Å². The summed E-state index contributed by atoms with van der Waals surface area (Å²) in [5.41, 5.74) is 1.31. The fraction of sp³-hybridized carbons (Fsp3) is 0.333. The van der Waals surface area contributed by atoms with Crippen LogP contribution in [0, 0.1) is 0 Å². The third-order valence-electron chi connectivity index (χ3n) is 2.83. The van der Waals surface area contributed by atoms with Gasteiger partial charge in [0, 0.05) is 19.3 Å². The van der Waals surface area contributed by atoms with Crippen LogP contribution >= 0.6 is 15.9 Å². The van der Waals surface area contributed by atoms with Crippen molar-refractivity contribution in [1.82, 2.24) is 9.97 Å². The van der Waals surface area contributed by atoms with Crippen molar-refractivity contribution < 1.29 is 0 Å². The molecule has 0 saturated heterocycles. The van der Waals surface area contributed by atoms with Gasteiger partial charge in [0.25, 0.3) is 0 Å². The number of anilines is 2. The second-order valence-electron chi connectivity index (χ2n) is 4.48. The van der Waals surface area contributed by atoms with Gasteiger partial charge in [-0.15, -0.1) is 0 Å². The highest BCUT2D eigenvalue weighted by Gasteiger charge is 2.04. The van der Waals surface area contributed by atoms with E-state index in [4.69, 9.17) is 0 Å². The molecule has 0 fully saturated rings. The maximum absolute atomic E-state index is 4.46. The van der Waals surface area contributed by atoms with Crippen molar-refractivity contribution in [2.75, 3.05) is 23.7 Å². The summed E-state index contributed by atoms with van der Waals surface area (Å²) in [5, 5.41) is 6.53. The molecule has 5 heteroatoms. The number of rotatable bonds is 7. The topological polar surface area (TPSA) is 49.8 Å². The lowest BCUT2D eigenvalue weighted by molar-refractivity contribution is 0.944. The predicted octanol–water partition coefficient (Wildman–Crippen LogP) is 3.72. The van der Waals surface area contributed by atoms with Crippen LogP contribution in [0.1, 0.15) is 18.9 Å². The average Bonchev–Trinajstić information content (AvgIpc) is 2.49. The zero-order valence-corrected chi connectivity index (χ0v) is 13.2. The average molecular weight is 335 g/mol. The van der Waals surface area contributed by atoms with Crippen LogP contribution in [-0.4, -0.2) is 23.1 Å². The number of hydrogen-bond acceptors (Lipinski definition) is 4. The van der Waals surface area contributed by atoms with Crippen molar-refractivity contribution in [3.8, 4) is 0 Å². The molecule has 0 bridgehead atoms. The molecule has 0 radical (unpaired) electrons. The van der Waals surface area contributed by atoms with Crippen molar-refractivity contribution in [3.05, 3.63) is 46.6 Å². The summed E-state index contributed by atoms with van der Waals surface area (Å²) >= 11 is 3.47. The molecule has 2 rings (SSSR count). The van der Waals surface area contributed by atoms with Gasteiger partial charge in [-0.25, -0.2) is 4.98 Å². The van der Waals surface area contributed by atoms with Crippen molar-refractivity contribution in [1.29, 1.82) is 0 Å². The second kappa shape index (κ2) is 7.85. The van der Waals surface area contributed by atoms with Crippen molar-refractivity contribution >= 4 is 27.7 Å². The van der Waals surface area contributed by atoms with Gasteiger partial charge in [-0.3, -0.25) is 0 Å². The van der Waals surface area contributed by atoms with Crippen LogP contribution in [0.15, 0.2) is 41.0 Å². The molecule has 1 heterocycles. The molecule has 0 unspecified atom stereocenters. The summed E-state index contributed by atoms with van der Waals surface area (Å²) in [5.74, 6) is 1.49. The zero-order valence-electron chi connectivity index (χ0n) is 11.6. The summed E-state index contributed by atoms with van der Waals surface area (Å²) in [6.45, 7) is 3.84. The minimum atomic E-state index is 0.664. The Labute approximate surface area is 128 Å². The van der Waals surface area contributed by atoms with Crippen molar-refractivity contribution in [2.45, 2.75) is 19.8 Å². The number of aromatic nitrogens is 2. The van der Waals surface area contributed by atoms with E-state index < -0.39 is 0 Å². The lowest BCUT2D eigenvalue weighted by atomic mass is 10.1. The van der Waals surface area contributed by atoms with Gasteiger partial charge >= 0.3 is 0 Å². The van der Waals surface area contributed by atoms with Gasteiger partial charge in [0.1, 0.15) is 5.82 Å². The maximum atomic E-state index is 4.46. The monoisotopic (exact) mass is 334 g/mol.